The average molecular weight is 352 g/mol. The van der Waals surface area contributed by atoms with Gasteiger partial charge in [0.2, 0.25) is 0 Å². The molecule has 6 nitrogen and oxygen atoms in total. The summed E-state index contributed by atoms with van der Waals surface area (Å²) in [4.78, 5) is 20.5. The number of aryl methyl sites for hydroxylation is 1. The van der Waals surface area contributed by atoms with Crippen LogP contribution in [0.3, 0.4) is 0 Å². The fraction of sp³-hybridized carbons (Fsp3) is 0.105. The van der Waals surface area contributed by atoms with E-state index >= 15 is 0 Å². The monoisotopic (exact) mass is 352 g/mol. The van der Waals surface area contributed by atoms with E-state index in [9.17, 15) is 9.18 Å². The fourth-order valence-corrected chi connectivity index (χ4v) is 2.41. The molecule has 1 heterocycles. The highest BCUT2D eigenvalue weighted by atomic mass is 19.1. The number of esters is 1. The molecule has 2 N–H and O–H groups in total. The van der Waals surface area contributed by atoms with E-state index in [4.69, 9.17) is 4.74 Å². The third-order valence-corrected chi connectivity index (χ3v) is 3.57. The lowest BCUT2D eigenvalue weighted by atomic mass is 10.2. The molecule has 0 bridgehead atoms. The topological polar surface area (TPSA) is 76.1 Å². The summed E-state index contributed by atoms with van der Waals surface area (Å²) in [7, 11) is 1.32. The molecule has 1 aromatic heterocycles. The Morgan fingerprint density at radius 1 is 0.962 bits per heavy atom. The number of carbonyl (C=O) groups is 1. The van der Waals surface area contributed by atoms with E-state index in [1.165, 1.54) is 13.2 Å². The van der Waals surface area contributed by atoms with E-state index in [1.807, 2.05) is 0 Å². The zero-order chi connectivity index (χ0) is 18.5. The quantitative estimate of drug-likeness (QED) is 0.670. The Morgan fingerprint density at radius 2 is 1.54 bits per heavy atom. The number of rotatable bonds is 5. The van der Waals surface area contributed by atoms with E-state index in [-0.39, 0.29) is 5.82 Å². The first-order chi connectivity index (χ1) is 12.6. The molecule has 132 valence electrons. The van der Waals surface area contributed by atoms with Crippen molar-refractivity contribution in [3.05, 3.63) is 71.8 Å². The number of hydrogen-bond donors (Lipinski definition) is 2. The van der Waals surface area contributed by atoms with Crippen LogP contribution in [0.25, 0.3) is 0 Å². The van der Waals surface area contributed by atoms with Crippen LogP contribution in [0, 0.1) is 12.7 Å². The zero-order valence-electron chi connectivity index (χ0n) is 14.3. The summed E-state index contributed by atoms with van der Waals surface area (Å²) in [5.41, 5.74) is 1.25. The highest BCUT2D eigenvalue weighted by Crippen LogP contribution is 2.24. The van der Waals surface area contributed by atoms with Gasteiger partial charge in [-0.2, -0.15) is 0 Å². The van der Waals surface area contributed by atoms with E-state index in [0.29, 0.717) is 34.4 Å². The summed E-state index contributed by atoms with van der Waals surface area (Å²) in [6, 6.07) is 14.9. The molecule has 0 amide bonds. The third-order valence-electron chi connectivity index (χ3n) is 3.57. The lowest BCUT2D eigenvalue weighted by Crippen LogP contribution is -2.07. The van der Waals surface area contributed by atoms with Crippen molar-refractivity contribution in [1.29, 1.82) is 0 Å². The first-order valence-corrected chi connectivity index (χ1v) is 7.88. The summed E-state index contributed by atoms with van der Waals surface area (Å²) in [5.74, 6) is 0.552. The average Bonchev–Trinajstić information content (AvgIpc) is 2.63. The van der Waals surface area contributed by atoms with Crippen molar-refractivity contribution < 1.29 is 13.9 Å². The van der Waals surface area contributed by atoms with E-state index in [1.54, 1.807) is 55.5 Å². The predicted octanol–water partition coefficient (Wildman–Crippen LogP) is 4.20. The minimum atomic E-state index is -0.455. The Balaban J connectivity index is 1.90. The number of carbonyl (C=O) groups excluding carboxylic acids is 1. The second-order valence-electron chi connectivity index (χ2n) is 5.45. The molecule has 3 aromatic rings. The number of aromatic nitrogens is 2. The number of halogens is 1. The van der Waals surface area contributed by atoms with Gasteiger partial charge in [0, 0.05) is 6.07 Å². The molecular weight excluding hydrogens is 335 g/mol. The highest BCUT2D eigenvalue weighted by molar-refractivity contribution is 5.96. The number of nitrogens with one attached hydrogen (secondary N) is 2. The Bertz CT molecular complexity index is 946. The lowest BCUT2D eigenvalue weighted by molar-refractivity contribution is 0.0602. The molecule has 0 radical (unpaired) electrons. The summed E-state index contributed by atoms with van der Waals surface area (Å²) >= 11 is 0. The van der Waals surface area contributed by atoms with Crippen LogP contribution < -0.4 is 10.6 Å². The number of benzene rings is 2. The number of methoxy groups -OCH3 is 1. The van der Waals surface area contributed by atoms with Crippen molar-refractivity contribution in [1.82, 2.24) is 9.97 Å². The maximum Gasteiger partial charge on any atom is 0.339 e. The molecule has 0 aliphatic rings. The van der Waals surface area contributed by atoms with Gasteiger partial charge in [-0.1, -0.05) is 24.3 Å². The lowest BCUT2D eigenvalue weighted by Gasteiger charge is -2.12. The van der Waals surface area contributed by atoms with Crippen molar-refractivity contribution in [2.75, 3.05) is 17.7 Å². The first-order valence-electron chi connectivity index (χ1n) is 7.88. The number of ether oxygens (including phenoxy) is 1. The van der Waals surface area contributed by atoms with Gasteiger partial charge in [-0.25, -0.2) is 19.2 Å². The highest BCUT2D eigenvalue weighted by Gasteiger charge is 2.12. The van der Waals surface area contributed by atoms with E-state index in [0.717, 1.165) is 0 Å². The predicted molar refractivity (Wildman–Crippen MR) is 97.5 cm³/mol. The van der Waals surface area contributed by atoms with Crippen LogP contribution in [-0.4, -0.2) is 23.0 Å². The third kappa shape index (κ3) is 3.94. The normalized spacial score (nSPS) is 10.3. The smallest absolute Gasteiger partial charge is 0.339 e. The van der Waals surface area contributed by atoms with Crippen molar-refractivity contribution in [3.8, 4) is 0 Å². The summed E-state index contributed by atoms with van der Waals surface area (Å²) < 4.78 is 18.6. The molecule has 0 saturated carbocycles. The second-order valence-corrected chi connectivity index (χ2v) is 5.45. The van der Waals surface area contributed by atoms with Gasteiger partial charge >= 0.3 is 5.97 Å². The first kappa shape index (κ1) is 17.3. The Hall–Kier alpha value is -3.48. The van der Waals surface area contributed by atoms with Crippen molar-refractivity contribution in [2.24, 2.45) is 0 Å². The van der Waals surface area contributed by atoms with Gasteiger partial charge < -0.3 is 15.4 Å². The van der Waals surface area contributed by atoms with Gasteiger partial charge in [0.05, 0.1) is 24.0 Å². The minimum absolute atomic E-state index is 0.312. The van der Waals surface area contributed by atoms with Crippen molar-refractivity contribution in [2.45, 2.75) is 6.92 Å². The number of nitrogens with zero attached hydrogens (tertiary/aromatic N) is 2. The maximum atomic E-state index is 13.8. The van der Waals surface area contributed by atoms with Crippen LogP contribution >= 0.6 is 0 Å². The van der Waals surface area contributed by atoms with Gasteiger partial charge in [0.25, 0.3) is 0 Å². The molecule has 0 fully saturated rings. The molecule has 0 aliphatic carbocycles. The molecule has 0 saturated heterocycles. The molecule has 0 spiro atoms. The number of hydrogen-bond acceptors (Lipinski definition) is 6. The zero-order valence-corrected chi connectivity index (χ0v) is 14.3. The van der Waals surface area contributed by atoms with Gasteiger partial charge in [-0.15, -0.1) is 0 Å². The van der Waals surface area contributed by atoms with Crippen LogP contribution in [0.1, 0.15) is 16.2 Å². The molecular formula is C19H17FN4O2. The molecule has 26 heavy (non-hydrogen) atoms. The van der Waals surface area contributed by atoms with Crippen molar-refractivity contribution in [3.63, 3.8) is 0 Å². The molecule has 0 unspecified atom stereocenters. The number of anilines is 4. The van der Waals surface area contributed by atoms with Gasteiger partial charge in [0.15, 0.2) is 0 Å². The van der Waals surface area contributed by atoms with E-state index < -0.39 is 5.97 Å². The molecule has 0 atom stereocenters. The van der Waals surface area contributed by atoms with Gasteiger partial charge in [-0.3, -0.25) is 0 Å². The van der Waals surface area contributed by atoms with Crippen LogP contribution in [0.15, 0.2) is 54.6 Å². The molecule has 7 heteroatoms. The fourth-order valence-electron chi connectivity index (χ4n) is 2.41. The van der Waals surface area contributed by atoms with Crippen molar-refractivity contribution >= 4 is 29.0 Å². The SMILES string of the molecule is COC(=O)c1ccccc1Nc1cc(Nc2ccccc2F)nc(C)n1. The van der Waals surface area contributed by atoms with Gasteiger partial charge in [0.1, 0.15) is 23.3 Å². The Morgan fingerprint density at radius 3 is 2.19 bits per heavy atom. The van der Waals surface area contributed by atoms with Gasteiger partial charge in [-0.05, 0) is 31.2 Å². The molecule has 2 aromatic carbocycles. The van der Waals surface area contributed by atoms with E-state index in [2.05, 4.69) is 20.6 Å². The standard InChI is InChI=1S/C19H17FN4O2/c1-12-21-17(23-15-9-5-3-7-13(15)19(25)26-2)11-18(22-12)24-16-10-6-4-8-14(16)20/h3-11H,1-2H3,(H2,21,22,23,24). The van der Waals surface area contributed by atoms with Crippen LogP contribution in [0.4, 0.5) is 27.4 Å². The summed E-state index contributed by atoms with van der Waals surface area (Å²) in [6.07, 6.45) is 0. The van der Waals surface area contributed by atoms with Crippen LogP contribution in [0.5, 0.6) is 0 Å². The Labute approximate surface area is 150 Å². The van der Waals surface area contributed by atoms with Crippen LogP contribution in [-0.2, 0) is 4.74 Å². The molecule has 3 rings (SSSR count). The Kier molecular flexibility index (Phi) is 5.07. The van der Waals surface area contributed by atoms with Crippen LogP contribution in [0.2, 0.25) is 0 Å². The summed E-state index contributed by atoms with van der Waals surface area (Å²) in [6.45, 7) is 1.73. The second kappa shape index (κ2) is 7.60. The minimum Gasteiger partial charge on any atom is -0.465 e. The number of para-hydroxylation sites is 2. The largest absolute Gasteiger partial charge is 0.465 e. The summed E-state index contributed by atoms with van der Waals surface area (Å²) in [5, 5.41) is 6.01. The maximum absolute atomic E-state index is 13.8. The molecule has 0 aliphatic heterocycles.